The molecule has 32 heavy (non-hydrogen) atoms. The molecule has 1 saturated heterocycles. The summed E-state index contributed by atoms with van der Waals surface area (Å²) in [6.07, 6.45) is 3.33. The van der Waals surface area contributed by atoms with Crippen LogP contribution in [0.3, 0.4) is 0 Å². The van der Waals surface area contributed by atoms with Crippen LogP contribution in [0.2, 0.25) is 0 Å². The quantitative estimate of drug-likeness (QED) is 0.605. The Bertz CT molecular complexity index is 1030. The lowest BCUT2D eigenvalue weighted by Crippen LogP contribution is -2.30. The van der Waals surface area contributed by atoms with Gasteiger partial charge in [-0.25, -0.2) is 13.1 Å². The molecule has 2 amide bonds. The van der Waals surface area contributed by atoms with E-state index in [2.05, 4.69) is 10.0 Å². The summed E-state index contributed by atoms with van der Waals surface area (Å²) in [6, 6.07) is 13.8. The van der Waals surface area contributed by atoms with Crippen molar-refractivity contribution in [2.24, 2.45) is 0 Å². The number of rotatable bonds is 9. The minimum absolute atomic E-state index is 0.121. The topological polar surface area (TPSA) is 95.6 Å². The second-order valence-electron chi connectivity index (χ2n) is 8.43. The van der Waals surface area contributed by atoms with E-state index in [9.17, 15) is 18.0 Å². The Balaban J connectivity index is 1.47. The zero-order valence-electron chi connectivity index (χ0n) is 18.6. The highest BCUT2D eigenvalue weighted by Gasteiger charge is 2.18. The summed E-state index contributed by atoms with van der Waals surface area (Å²) >= 11 is 0. The first-order valence-electron chi connectivity index (χ1n) is 11.0. The van der Waals surface area contributed by atoms with Crippen LogP contribution in [0.25, 0.3) is 0 Å². The van der Waals surface area contributed by atoms with Crippen molar-refractivity contribution in [2.45, 2.75) is 56.9 Å². The molecule has 2 N–H and O–H groups in total. The molecule has 1 aliphatic rings. The van der Waals surface area contributed by atoms with Gasteiger partial charge < -0.3 is 10.2 Å². The molecule has 3 rings (SSSR count). The number of hydrogen-bond acceptors (Lipinski definition) is 4. The van der Waals surface area contributed by atoms with Crippen LogP contribution in [0.5, 0.6) is 0 Å². The summed E-state index contributed by atoms with van der Waals surface area (Å²) in [7, 11) is -3.52. The standard InChI is InChI=1S/C24H31N3O4S/c1-18(2)26-32(30,31)22-12-7-19(8-13-22)9-14-23(28)25-21-10-5-20(6-11-21)17-24(29)27-15-3-4-16-27/h5-8,10-13,18,26H,3-4,9,14-17H2,1-2H3,(H,25,28). The number of carbonyl (C=O) groups excluding carboxylic acids is 2. The van der Waals surface area contributed by atoms with Gasteiger partial charge in [0.2, 0.25) is 21.8 Å². The molecule has 0 atom stereocenters. The molecule has 1 aliphatic heterocycles. The number of sulfonamides is 1. The summed E-state index contributed by atoms with van der Waals surface area (Å²) in [4.78, 5) is 26.6. The van der Waals surface area contributed by atoms with Gasteiger partial charge in [0.25, 0.3) is 0 Å². The van der Waals surface area contributed by atoms with E-state index in [1.54, 1.807) is 38.1 Å². The van der Waals surface area contributed by atoms with Crippen LogP contribution in [0.1, 0.15) is 44.2 Å². The Morgan fingerprint density at radius 3 is 2.12 bits per heavy atom. The van der Waals surface area contributed by atoms with E-state index in [0.717, 1.165) is 37.1 Å². The molecule has 0 bridgehead atoms. The Kier molecular flexibility index (Phi) is 8.04. The van der Waals surface area contributed by atoms with E-state index in [0.29, 0.717) is 18.5 Å². The second kappa shape index (κ2) is 10.7. The highest BCUT2D eigenvalue weighted by atomic mass is 32.2. The van der Waals surface area contributed by atoms with E-state index in [1.165, 1.54) is 0 Å². The van der Waals surface area contributed by atoms with E-state index >= 15 is 0 Å². The fourth-order valence-corrected chi connectivity index (χ4v) is 4.90. The number of anilines is 1. The fourth-order valence-electron chi connectivity index (χ4n) is 3.65. The predicted molar refractivity (Wildman–Crippen MR) is 125 cm³/mol. The van der Waals surface area contributed by atoms with E-state index in [-0.39, 0.29) is 29.2 Å². The van der Waals surface area contributed by atoms with Crippen LogP contribution in [0.15, 0.2) is 53.4 Å². The predicted octanol–water partition coefficient (Wildman–Crippen LogP) is 3.11. The molecule has 0 unspecified atom stereocenters. The minimum atomic E-state index is -3.52. The Morgan fingerprint density at radius 1 is 0.938 bits per heavy atom. The van der Waals surface area contributed by atoms with Crippen LogP contribution < -0.4 is 10.0 Å². The molecule has 1 fully saturated rings. The molecular weight excluding hydrogens is 426 g/mol. The number of likely N-dealkylation sites (tertiary alicyclic amines) is 1. The maximum Gasteiger partial charge on any atom is 0.240 e. The zero-order chi connectivity index (χ0) is 23.1. The lowest BCUT2D eigenvalue weighted by molar-refractivity contribution is -0.129. The number of aryl methyl sites for hydroxylation is 1. The summed E-state index contributed by atoms with van der Waals surface area (Å²) in [5.74, 6) is 0.0298. The third kappa shape index (κ3) is 6.90. The Labute approximate surface area is 190 Å². The fraction of sp³-hybridized carbons (Fsp3) is 0.417. The summed E-state index contributed by atoms with van der Waals surface area (Å²) < 4.78 is 26.9. The molecule has 1 heterocycles. The van der Waals surface area contributed by atoms with Crippen LogP contribution in [-0.4, -0.2) is 44.3 Å². The molecular formula is C24H31N3O4S. The van der Waals surface area contributed by atoms with E-state index in [4.69, 9.17) is 0 Å². The third-order valence-electron chi connectivity index (χ3n) is 5.32. The van der Waals surface area contributed by atoms with Crippen molar-refractivity contribution in [3.63, 3.8) is 0 Å². The molecule has 0 spiro atoms. The maximum atomic E-state index is 12.3. The Hall–Kier alpha value is -2.71. The van der Waals surface area contributed by atoms with Gasteiger partial charge in [0.1, 0.15) is 0 Å². The summed E-state index contributed by atoms with van der Waals surface area (Å²) in [6.45, 7) is 5.24. The molecule has 172 valence electrons. The first-order chi connectivity index (χ1) is 15.2. The normalized spacial score (nSPS) is 14.0. The van der Waals surface area contributed by atoms with Crippen molar-refractivity contribution in [3.05, 3.63) is 59.7 Å². The molecule has 0 saturated carbocycles. The number of benzene rings is 2. The number of nitrogens with zero attached hydrogens (tertiary/aromatic N) is 1. The van der Waals surface area contributed by atoms with Gasteiger partial charge in [0.05, 0.1) is 11.3 Å². The smallest absolute Gasteiger partial charge is 0.240 e. The van der Waals surface area contributed by atoms with Gasteiger partial charge >= 0.3 is 0 Å². The second-order valence-corrected chi connectivity index (χ2v) is 10.1. The molecule has 0 radical (unpaired) electrons. The van der Waals surface area contributed by atoms with Crippen LogP contribution in [0, 0.1) is 0 Å². The largest absolute Gasteiger partial charge is 0.342 e. The first kappa shape index (κ1) is 23.9. The monoisotopic (exact) mass is 457 g/mol. The zero-order valence-corrected chi connectivity index (χ0v) is 19.5. The molecule has 2 aromatic carbocycles. The first-order valence-corrected chi connectivity index (χ1v) is 12.5. The highest BCUT2D eigenvalue weighted by molar-refractivity contribution is 7.89. The minimum Gasteiger partial charge on any atom is -0.342 e. The lowest BCUT2D eigenvalue weighted by atomic mass is 10.1. The Morgan fingerprint density at radius 2 is 1.53 bits per heavy atom. The molecule has 8 heteroatoms. The molecule has 7 nitrogen and oxygen atoms in total. The number of nitrogens with one attached hydrogen (secondary N) is 2. The summed E-state index contributed by atoms with van der Waals surface area (Å²) in [5, 5.41) is 2.86. The molecule has 0 aliphatic carbocycles. The number of carbonyl (C=O) groups is 2. The van der Waals surface area contributed by atoms with Crippen LogP contribution in [0.4, 0.5) is 5.69 Å². The van der Waals surface area contributed by atoms with Gasteiger partial charge in [0, 0.05) is 31.2 Å². The lowest BCUT2D eigenvalue weighted by Gasteiger charge is -2.15. The van der Waals surface area contributed by atoms with Crippen molar-refractivity contribution in [1.29, 1.82) is 0 Å². The molecule has 0 aromatic heterocycles. The maximum absolute atomic E-state index is 12.3. The van der Waals surface area contributed by atoms with Gasteiger partial charge in [-0.05, 0) is 68.5 Å². The third-order valence-corrected chi connectivity index (χ3v) is 6.99. The van der Waals surface area contributed by atoms with Crippen molar-refractivity contribution < 1.29 is 18.0 Å². The van der Waals surface area contributed by atoms with Crippen molar-refractivity contribution in [1.82, 2.24) is 9.62 Å². The highest BCUT2D eigenvalue weighted by Crippen LogP contribution is 2.15. The average molecular weight is 458 g/mol. The number of amides is 2. The van der Waals surface area contributed by atoms with Crippen LogP contribution >= 0.6 is 0 Å². The van der Waals surface area contributed by atoms with E-state index < -0.39 is 10.0 Å². The van der Waals surface area contributed by atoms with Crippen LogP contribution in [-0.2, 0) is 32.5 Å². The van der Waals surface area contributed by atoms with Crippen molar-refractivity contribution >= 4 is 27.5 Å². The van der Waals surface area contributed by atoms with E-state index in [1.807, 2.05) is 29.2 Å². The van der Waals surface area contributed by atoms with Gasteiger partial charge in [0.15, 0.2) is 0 Å². The van der Waals surface area contributed by atoms with Gasteiger partial charge in [-0.15, -0.1) is 0 Å². The SMILES string of the molecule is CC(C)NS(=O)(=O)c1ccc(CCC(=O)Nc2ccc(CC(=O)N3CCCC3)cc2)cc1. The van der Waals surface area contributed by atoms with Crippen molar-refractivity contribution in [2.75, 3.05) is 18.4 Å². The van der Waals surface area contributed by atoms with Crippen molar-refractivity contribution in [3.8, 4) is 0 Å². The average Bonchev–Trinajstić information content (AvgIpc) is 3.28. The van der Waals surface area contributed by atoms with Gasteiger partial charge in [-0.1, -0.05) is 24.3 Å². The van der Waals surface area contributed by atoms with Gasteiger partial charge in [-0.2, -0.15) is 0 Å². The van der Waals surface area contributed by atoms with Gasteiger partial charge in [-0.3, -0.25) is 9.59 Å². The number of hydrogen-bond donors (Lipinski definition) is 2. The summed E-state index contributed by atoms with van der Waals surface area (Å²) in [5.41, 5.74) is 2.51. The molecule has 2 aromatic rings.